The molecule has 160 valence electrons. The quantitative estimate of drug-likeness (QED) is 0.459. The smallest absolute Gasteiger partial charge is 0.259 e. The minimum atomic E-state index is -0.334. The van der Waals surface area contributed by atoms with Crippen LogP contribution in [0.4, 0.5) is 0 Å². The molecule has 3 N–H and O–H groups in total. The standard InChI is InChI=1S/C26H24N4O2/c27-13-16-9-11-29-14-19(17-5-1-3-7-21(17)29)23-24(26(32)28-25(23)31)20-15-30(12-10-16)22-8-4-2-6-18(20)22/h1-8,14-16H,9-13,27H2,(H,28,31,32). The van der Waals surface area contributed by atoms with Crippen molar-refractivity contribution in [3.63, 3.8) is 0 Å². The van der Waals surface area contributed by atoms with E-state index in [1.165, 1.54) is 0 Å². The summed E-state index contributed by atoms with van der Waals surface area (Å²) in [4.78, 5) is 26.2. The van der Waals surface area contributed by atoms with Gasteiger partial charge < -0.3 is 14.9 Å². The summed E-state index contributed by atoms with van der Waals surface area (Å²) in [6.45, 7) is 2.27. The van der Waals surface area contributed by atoms with Crippen LogP contribution in [0, 0.1) is 5.92 Å². The maximum Gasteiger partial charge on any atom is 0.259 e. The van der Waals surface area contributed by atoms with Crippen LogP contribution in [-0.4, -0.2) is 27.5 Å². The second kappa shape index (κ2) is 7.21. The van der Waals surface area contributed by atoms with Crippen molar-refractivity contribution in [3.8, 4) is 0 Å². The Morgan fingerprint density at radius 2 is 1.25 bits per heavy atom. The van der Waals surface area contributed by atoms with Crippen LogP contribution in [0.3, 0.4) is 0 Å². The van der Waals surface area contributed by atoms with Gasteiger partial charge >= 0.3 is 0 Å². The van der Waals surface area contributed by atoms with E-state index < -0.39 is 0 Å². The monoisotopic (exact) mass is 424 g/mol. The van der Waals surface area contributed by atoms with Crippen molar-refractivity contribution in [1.82, 2.24) is 14.5 Å². The fraction of sp³-hybridized carbons (Fsp3) is 0.231. The molecule has 0 saturated carbocycles. The number of nitrogens with one attached hydrogen (secondary N) is 1. The van der Waals surface area contributed by atoms with Gasteiger partial charge in [0.25, 0.3) is 11.8 Å². The molecule has 2 aromatic heterocycles. The van der Waals surface area contributed by atoms with Gasteiger partial charge in [-0.15, -0.1) is 0 Å². The summed E-state index contributed by atoms with van der Waals surface area (Å²) in [5.41, 5.74) is 10.8. The summed E-state index contributed by atoms with van der Waals surface area (Å²) in [5.74, 6) is -0.284. The third-order valence-corrected chi connectivity index (χ3v) is 6.94. The summed E-state index contributed by atoms with van der Waals surface area (Å²) in [7, 11) is 0. The van der Waals surface area contributed by atoms with Gasteiger partial charge in [0.1, 0.15) is 0 Å². The first-order chi connectivity index (χ1) is 15.7. The summed E-state index contributed by atoms with van der Waals surface area (Å²) in [6.07, 6.45) is 5.97. The van der Waals surface area contributed by atoms with E-state index in [-0.39, 0.29) is 11.8 Å². The Hall–Kier alpha value is -3.64. The first kappa shape index (κ1) is 19.1. The van der Waals surface area contributed by atoms with Gasteiger partial charge in [-0.05, 0) is 37.4 Å². The third kappa shape index (κ3) is 2.76. The molecule has 0 radical (unpaired) electrons. The molecule has 6 nitrogen and oxygen atoms in total. The molecular weight excluding hydrogens is 400 g/mol. The molecule has 4 heterocycles. The second-order valence-corrected chi connectivity index (χ2v) is 8.72. The number of nitrogens with two attached hydrogens (primary N) is 1. The number of carbonyl (C=O) groups excluding carboxylic acids is 2. The van der Waals surface area contributed by atoms with Gasteiger partial charge in [-0.3, -0.25) is 14.9 Å². The first-order valence-corrected chi connectivity index (χ1v) is 11.1. The van der Waals surface area contributed by atoms with E-state index in [1.54, 1.807) is 0 Å². The van der Waals surface area contributed by atoms with Gasteiger partial charge in [0.05, 0.1) is 11.1 Å². The number of imide groups is 1. The van der Waals surface area contributed by atoms with Crippen LogP contribution in [0.25, 0.3) is 33.0 Å². The maximum absolute atomic E-state index is 13.1. The lowest BCUT2D eigenvalue weighted by molar-refractivity contribution is -0.122. The molecule has 2 aliphatic heterocycles. The normalized spacial score (nSPS) is 17.3. The van der Waals surface area contributed by atoms with Gasteiger partial charge in [-0.2, -0.15) is 0 Å². The lowest BCUT2D eigenvalue weighted by Gasteiger charge is -2.16. The van der Waals surface area contributed by atoms with E-state index in [0.29, 0.717) is 23.6 Å². The molecule has 32 heavy (non-hydrogen) atoms. The lowest BCUT2D eigenvalue weighted by atomic mass is 9.95. The molecule has 0 unspecified atom stereocenters. The molecule has 4 aromatic rings. The average molecular weight is 425 g/mol. The van der Waals surface area contributed by atoms with Crippen molar-refractivity contribution in [2.24, 2.45) is 11.7 Å². The number of rotatable bonds is 1. The SMILES string of the molecule is NCC1CCn2cc(c3ccccc32)C2=C(C(=O)NC2=O)c2cn(c3ccccc23)CC1. The third-order valence-electron chi connectivity index (χ3n) is 6.94. The van der Waals surface area contributed by atoms with Crippen LogP contribution in [-0.2, 0) is 22.7 Å². The van der Waals surface area contributed by atoms with Gasteiger partial charge in [-0.1, -0.05) is 36.4 Å². The number of carbonyl (C=O) groups is 2. The molecule has 0 saturated heterocycles. The van der Waals surface area contributed by atoms with E-state index in [4.69, 9.17) is 5.73 Å². The van der Waals surface area contributed by atoms with E-state index >= 15 is 0 Å². The molecule has 2 amide bonds. The van der Waals surface area contributed by atoms with Crippen molar-refractivity contribution in [2.75, 3.05) is 6.54 Å². The zero-order valence-corrected chi connectivity index (χ0v) is 17.7. The highest BCUT2D eigenvalue weighted by atomic mass is 16.2. The molecule has 4 bridgehead atoms. The number of hydrogen-bond donors (Lipinski definition) is 2. The summed E-state index contributed by atoms with van der Waals surface area (Å²) < 4.78 is 4.40. The molecule has 6 rings (SSSR count). The Bertz CT molecular complexity index is 1330. The zero-order valence-electron chi connectivity index (χ0n) is 17.7. The lowest BCUT2D eigenvalue weighted by Crippen LogP contribution is -2.22. The largest absolute Gasteiger partial charge is 0.347 e. The van der Waals surface area contributed by atoms with Crippen LogP contribution in [0.2, 0.25) is 0 Å². The van der Waals surface area contributed by atoms with E-state index in [9.17, 15) is 9.59 Å². The van der Waals surface area contributed by atoms with Crippen molar-refractivity contribution in [3.05, 3.63) is 72.1 Å². The number of para-hydroxylation sites is 2. The molecule has 0 aliphatic carbocycles. The predicted molar refractivity (Wildman–Crippen MR) is 126 cm³/mol. The van der Waals surface area contributed by atoms with Crippen LogP contribution >= 0.6 is 0 Å². The Kier molecular flexibility index (Phi) is 4.30. The highest BCUT2D eigenvalue weighted by molar-refractivity contribution is 6.50. The number of nitrogens with zero attached hydrogens (tertiary/aromatic N) is 2. The average Bonchev–Trinajstić information content (AvgIpc) is 3.44. The van der Waals surface area contributed by atoms with Crippen molar-refractivity contribution in [1.29, 1.82) is 0 Å². The van der Waals surface area contributed by atoms with Crippen molar-refractivity contribution >= 4 is 44.8 Å². The second-order valence-electron chi connectivity index (χ2n) is 8.72. The number of fused-ring (bicyclic) bond motifs is 12. The molecule has 2 aromatic carbocycles. The number of amides is 2. The molecule has 0 fully saturated rings. The van der Waals surface area contributed by atoms with Gasteiger partial charge in [0, 0.05) is 58.4 Å². The molecular formula is C26H24N4O2. The zero-order chi connectivity index (χ0) is 21.8. The van der Waals surface area contributed by atoms with Crippen LogP contribution in [0.1, 0.15) is 24.0 Å². The number of benzene rings is 2. The Morgan fingerprint density at radius 1 is 0.781 bits per heavy atom. The molecule has 0 atom stereocenters. The first-order valence-electron chi connectivity index (χ1n) is 11.1. The maximum atomic E-state index is 13.1. The number of aryl methyl sites for hydroxylation is 2. The Labute approximate surface area is 185 Å². The summed E-state index contributed by atoms with van der Waals surface area (Å²) in [6, 6.07) is 16.2. The number of aromatic nitrogens is 2. The Balaban J connectivity index is 1.71. The van der Waals surface area contributed by atoms with E-state index in [2.05, 4.69) is 26.6 Å². The van der Waals surface area contributed by atoms with E-state index in [1.807, 2.05) is 48.8 Å². The molecule has 6 heteroatoms. The minimum absolute atomic E-state index is 0.334. The van der Waals surface area contributed by atoms with Crippen LogP contribution < -0.4 is 11.1 Å². The van der Waals surface area contributed by atoms with Crippen molar-refractivity contribution in [2.45, 2.75) is 25.9 Å². The summed E-state index contributed by atoms with van der Waals surface area (Å²) >= 11 is 0. The molecule has 2 aliphatic rings. The van der Waals surface area contributed by atoms with Gasteiger partial charge in [-0.25, -0.2) is 0 Å². The van der Waals surface area contributed by atoms with E-state index in [0.717, 1.165) is 58.9 Å². The number of hydrogen-bond acceptors (Lipinski definition) is 3. The van der Waals surface area contributed by atoms with Crippen molar-refractivity contribution < 1.29 is 9.59 Å². The minimum Gasteiger partial charge on any atom is -0.347 e. The summed E-state index contributed by atoms with van der Waals surface area (Å²) in [5, 5.41) is 4.52. The molecule has 0 spiro atoms. The topological polar surface area (TPSA) is 82.1 Å². The van der Waals surface area contributed by atoms with Gasteiger partial charge in [0.15, 0.2) is 0 Å². The Morgan fingerprint density at radius 3 is 1.72 bits per heavy atom. The van der Waals surface area contributed by atoms with Gasteiger partial charge in [0.2, 0.25) is 0 Å². The highest BCUT2D eigenvalue weighted by Crippen LogP contribution is 2.39. The fourth-order valence-corrected chi connectivity index (χ4v) is 5.25. The van der Waals surface area contributed by atoms with Crippen LogP contribution in [0.5, 0.6) is 0 Å². The predicted octanol–water partition coefficient (Wildman–Crippen LogP) is 3.53. The highest BCUT2D eigenvalue weighted by Gasteiger charge is 2.35. The van der Waals surface area contributed by atoms with Crippen LogP contribution in [0.15, 0.2) is 60.9 Å². The fourth-order valence-electron chi connectivity index (χ4n) is 5.25.